The monoisotopic (exact) mass is 574 g/mol. The number of hydrogen-bond donors (Lipinski definition) is 8. The van der Waals surface area contributed by atoms with E-state index in [9.17, 15) is 0 Å². The van der Waals surface area contributed by atoms with Crippen LogP contribution in [0.15, 0.2) is 92.4 Å². The van der Waals surface area contributed by atoms with Gasteiger partial charge in [0, 0.05) is 42.6 Å². The van der Waals surface area contributed by atoms with E-state index < -0.39 is 12.2 Å². The molecular weight excluding hydrogens is 545 g/mol. The van der Waals surface area contributed by atoms with Crippen molar-refractivity contribution in [3.8, 4) is 0 Å². The molecular formula is C24H30O2S7. The van der Waals surface area contributed by atoms with Crippen LogP contribution in [0.4, 0.5) is 0 Å². The number of thiol groups is 6. The fraction of sp³-hybridized carbons (Fsp3) is 0.250. The minimum Gasteiger partial charge on any atom is -0.390 e. The van der Waals surface area contributed by atoms with Gasteiger partial charge >= 0.3 is 0 Å². The van der Waals surface area contributed by atoms with E-state index in [1.54, 1.807) is 11.8 Å². The molecule has 0 fully saturated rings. The minimum atomic E-state index is -0.740. The van der Waals surface area contributed by atoms with Crippen LogP contribution in [-0.2, 0) is 11.5 Å². The fourth-order valence-electron chi connectivity index (χ4n) is 2.23. The summed E-state index contributed by atoms with van der Waals surface area (Å²) in [4.78, 5) is 4.43. The molecule has 2 nitrogen and oxygen atoms in total. The van der Waals surface area contributed by atoms with Crippen LogP contribution in [0.2, 0.25) is 0 Å². The van der Waals surface area contributed by atoms with Crippen molar-refractivity contribution < 1.29 is 10.2 Å². The summed E-state index contributed by atoms with van der Waals surface area (Å²) >= 11 is 26.1. The smallest absolute Gasteiger partial charge is 0.0894 e. The first-order valence-electron chi connectivity index (χ1n) is 9.96. The predicted octanol–water partition coefficient (Wildman–Crippen LogP) is 6.53. The Balaban J connectivity index is 0.000000265. The van der Waals surface area contributed by atoms with Gasteiger partial charge in [-0.25, -0.2) is 0 Å². The second kappa shape index (κ2) is 18.3. The van der Waals surface area contributed by atoms with Crippen LogP contribution in [0.5, 0.6) is 0 Å². The highest BCUT2D eigenvalue weighted by Gasteiger charge is 2.10. The third-order valence-corrected chi connectivity index (χ3v) is 7.17. The van der Waals surface area contributed by atoms with Gasteiger partial charge in [-0.15, -0.1) is 25.3 Å². The standard InChI is InChI=1S/C12H10S3.C8H10S2.C4H10O2S2/c13-9-1-5-11(6-2-9)15-12-7-3-10(14)4-8-12;9-5-7-2-1-3-8(4-7)6-10;5-3(1-7)4(6)2-8/h1-8,13-14H;1-4,9-10H,5-6H2;3-8H,1-2H2/t;;3-,4-/m..0/s1. The van der Waals surface area contributed by atoms with Gasteiger partial charge in [-0.2, -0.15) is 50.5 Å². The molecule has 0 saturated carbocycles. The first kappa shape index (κ1) is 31.1. The normalized spacial score (nSPS) is 12.0. The van der Waals surface area contributed by atoms with Crippen molar-refractivity contribution in [2.75, 3.05) is 11.5 Å². The molecule has 0 unspecified atom stereocenters. The van der Waals surface area contributed by atoms with E-state index in [0.717, 1.165) is 21.3 Å². The first-order valence-corrected chi connectivity index (χ1v) is 14.2. The van der Waals surface area contributed by atoms with Crippen molar-refractivity contribution in [1.29, 1.82) is 0 Å². The zero-order valence-corrected chi connectivity index (χ0v) is 24.1. The Morgan fingerprint density at radius 2 is 0.970 bits per heavy atom. The molecule has 0 aliphatic heterocycles. The average Bonchev–Trinajstić information content (AvgIpc) is 2.86. The Labute approximate surface area is 234 Å². The molecule has 0 spiro atoms. The summed E-state index contributed by atoms with van der Waals surface area (Å²) in [7, 11) is 0. The third-order valence-electron chi connectivity index (χ3n) is 4.08. The Morgan fingerprint density at radius 1 is 0.606 bits per heavy atom. The SMILES string of the molecule is O[C@@H](CS)[C@@H](O)CS.SCc1cccc(CS)c1.Sc1ccc(Sc2ccc(S)cc2)cc1. The third kappa shape index (κ3) is 13.6. The van der Waals surface area contributed by atoms with Gasteiger partial charge in [0.2, 0.25) is 0 Å². The van der Waals surface area contributed by atoms with E-state index >= 15 is 0 Å². The zero-order valence-electron chi connectivity index (χ0n) is 17.9. The van der Waals surface area contributed by atoms with Gasteiger partial charge in [-0.3, -0.25) is 0 Å². The molecule has 3 rings (SSSR count). The molecule has 2 atom stereocenters. The number of rotatable bonds is 7. The number of hydrogen-bond acceptors (Lipinski definition) is 9. The lowest BCUT2D eigenvalue weighted by Gasteiger charge is -2.11. The lowest BCUT2D eigenvalue weighted by atomic mass is 10.2. The molecule has 2 N–H and O–H groups in total. The fourth-order valence-corrected chi connectivity index (χ4v) is 4.23. The van der Waals surface area contributed by atoms with E-state index in [0.29, 0.717) is 0 Å². The van der Waals surface area contributed by atoms with Crippen LogP contribution in [-0.4, -0.2) is 33.9 Å². The van der Waals surface area contributed by atoms with Crippen molar-refractivity contribution >= 4 is 87.5 Å². The minimum absolute atomic E-state index is 0.279. The zero-order chi connectivity index (χ0) is 24.6. The highest BCUT2D eigenvalue weighted by molar-refractivity contribution is 7.99. The summed E-state index contributed by atoms with van der Waals surface area (Å²) < 4.78 is 0. The summed E-state index contributed by atoms with van der Waals surface area (Å²) in [5.74, 6) is 2.17. The Hall–Kier alpha value is 0.0300. The highest BCUT2D eigenvalue weighted by atomic mass is 32.2. The first-order chi connectivity index (χ1) is 15.8. The molecule has 0 aromatic heterocycles. The molecule has 9 heteroatoms. The van der Waals surface area contributed by atoms with E-state index in [4.69, 9.17) is 10.2 Å². The van der Waals surface area contributed by atoms with Crippen molar-refractivity contribution in [3.05, 3.63) is 83.9 Å². The van der Waals surface area contributed by atoms with Crippen LogP contribution < -0.4 is 0 Å². The Kier molecular flexibility index (Phi) is 17.2. The summed E-state index contributed by atoms with van der Waals surface area (Å²) in [6.07, 6.45) is -1.48. The number of aliphatic hydroxyl groups excluding tert-OH is 2. The topological polar surface area (TPSA) is 40.5 Å². The number of benzene rings is 3. The molecule has 3 aromatic rings. The maximum atomic E-state index is 8.75. The summed E-state index contributed by atoms with van der Waals surface area (Å²) in [6, 6.07) is 24.6. The number of aliphatic hydroxyl groups is 2. The van der Waals surface area contributed by atoms with Gasteiger partial charge in [0.05, 0.1) is 12.2 Å². The van der Waals surface area contributed by atoms with Crippen LogP contribution in [0.1, 0.15) is 11.1 Å². The Morgan fingerprint density at radius 3 is 1.27 bits per heavy atom. The lowest BCUT2D eigenvalue weighted by Crippen LogP contribution is -2.28. The maximum absolute atomic E-state index is 8.75. The van der Waals surface area contributed by atoms with Crippen LogP contribution in [0.3, 0.4) is 0 Å². The molecule has 0 aliphatic carbocycles. The maximum Gasteiger partial charge on any atom is 0.0894 e. The van der Waals surface area contributed by atoms with Crippen molar-refractivity contribution in [2.24, 2.45) is 0 Å². The largest absolute Gasteiger partial charge is 0.390 e. The molecule has 0 aliphatic rings. The van der Waals surface area contributed by atoms with Crippen LogP contribution in [0.25, 0.3) is 0 Å². The quantitative estimate of drug-likeness (QED) is 0.155. The highest BCUT2D eigenvalue weighted by Crippen LogP contribution is 2.28. The molecule has 0 amide bonds. The molecule has 33 heavy (non-hydrogen) atoms. The van der Waals surface area contributed by atoms with E-state index in [-0.39, 0.29) is 11.5 Å². The van der Waals surface area contributed by atoms with Crippen molar-refractivity contribution in [1.82, 2.24) is 0 Å². The summed E-state index contributed by atoms with van der Waals surface area (Å²) in [5, 5.41) is 17.5. The van der Waals surface area contributed by atoms with Gasteiger partial charge in [0.1, 0.15) is 0 Å². The van der Waals surface area contributed by atoms with Crippen molar-refractivity contribution in [2.45, 2.75) is 43.3 Å². The second-order valence-electron chi connectivity index (χ2n) is 6.73. The predicted molar refractivity (Wildman–Crippen MR) is 163 cm³/mol. The lowest BCUT2D eigenvalue weighted by molar-refractivity contribution is 0.0504. The van der Waals surface area contributed by atoms with E-state index in [1.165, 1.54) is 20.9 Å². The molecule has 0 bridgehead atoms. The van der Waals surface area contributed by atoms with E-state index in [1.807, 2.05) is 30.3 Å². The molecule has 180 valence electrons. The van der Waals surface area contributed by atoms with Gasteiger partial charge in [-0.1, -0.05) is 36.0 Å². The van der Waals surface area contributed by atoms with Crippen molar-refractivity contribution in [3.63, 3.8) is 0 Å². The van der Waals surface area contributed by atoms with Crippen LogP contribution in [0, 0.1) is 0 Å². The van der Waals surface area contributed by atoms with Gasteiger partial charge in [-0.05, 0) is 59.7 Å². The second-order valence-corrected chi connectivity index (χ2v) is 10.3. The van der Waals surface area contributed by atoms with Gasteiger partial charge in [0.25, 0.3) is 0 Å². The molecule has 0 heterocycles. The van der Waals surface area contributed by atoms with Gasteiger partial charge < -0.3 is 10.2 Å². The Bertz CT molecular complexity index is 835. The van der Waals surface area contributed by atoms with Gasteiger partial charge in [0.15, 0.2) is 0 Å². The molecule has 0 saturated heterocycles. The molecule has 0 radical (unpaired) electrons. The summed E-state index contributed by atoms with van der Waals surface area (Å²) in [5.41, 5.74) is 2.52. The van der Waals surface area contributed by atoms with E-state index in [2.05, 4.69) is 118 Å². The average molecular weight is 575 g/mol. The van der Waals surface area contributed by atoms with Crippen LogP contribution >= 0.6 is 87.5 Å². The molecule has 3 aromatic carbocycles. The summed E-state index contributed by atoms with van der Waals surface area (Å²) in [6.45, 7) is 0.